The molecule has 8 rings (SSSR count). The number of aromatic nitrogens is 1. The van der Waals surface area contributed by atoms with Crippen molar-refractivity contribution in [2.45, 2.75) is 68.6 Å². The van der Waals surface area contributed by atoms with Crippen molar-refractivity contribution in [3.63, 3.8) is 0 Å². The van der Waals surface area contributed by atoms with E-state index in [9.17, 15) is 5.11 Å². The van der Waals surface area contributed by atoms with Crippen LogP contribution in [-0.4, -0.2) is 45.9 Å². The van der Waals surface area contributed by atoms with Crippen LogP contribution in [0, 0.1) is 5.92 Å². The summed E-state index contributed by atoms with van der Waals surface area (Å²) in [7, 11) is 2.19. The molecule has 3 aromatic rings. The highest BCUT2D eigenvalue weighted by Crippen LogP contribution is 2.70. The smallest absolute Gasteiger partial charge is 0.166 e. The monoisotopic (exact) mass is 506 g/mol. The van der Waals surface area contributed by atoms with Gasteiger partial charge in [-0.1, -0.05) is 30.7 Å². The molecule has 1 saturated heterocycles. The first-order valence-corrected chi connectivity index (χ1v) is 13.5. The van der Waals surface area contributed by atoms with Crippen LogP contribution >= 0.6 is 12.4 Å². The average molecular weight is 507 g/mol. The molecule has 0 unspecified atom stereocenters. The van der Waals surface area contributed by atoms with Gasteiger partial charge in [-0.3, -0.25) is 4.90 Å². The van der Waals surface area contributed by atoms with Crippen LogP contribution in [0.5, 0.6) is 11.5 Å². The molecule has 5 nitrogen and oxygen atoms in total. The van der Waals surface area contributed by atoms with Crippen molar-refractivity contribution in [2.24, 2.45) is 13.0 Å². The molecule has 1 aromatic heterocycles. The zero-order valence-corrected chi connectivity index (χ0v) is 21.9. The Kier molecular flexibility index (Phi) is 4.88. The summed E-state index contributed by atoms with van der Waals surface area (Å²) in [6.45, 7) is 5.10. The second-order valence-corrected chi connectivity index (χ2v) is 11.6. The SMILES string of the molecule is CCO[C@@]12Cc3c(n(C)c4ccccc34)[C@@H]3Oc4c(O)ccc5c4[C@@]31CCN(CC1CCC1)[C@@H]2C5.Cl. The highest BCUT2D eigenvalue weighted by molar-refractivity contribution is 5.87. The third kappa shape index (κ3) is 2.50. The molecule has 1 spiro atoms. The van der Waals surface area contributed by atoms with E-state index in [1.165, 1.54) is 59.1 Å². The molecule has 0 radical (unpaired) electrons. The maximum Gasteiger partial charge on any atom is 0.166 e. The fourth-order valence-corrected chi connectivity index (χ4v) is 8.81. The Morgan fingerprint density at radius 1 is 1.17 bits per heavy atom. The van der Waals surface area contributed by atoms with E-state index >= 15 is 0 Å². The van der Waals surface area contributed by atoms with Gasteiger partial charge in [-0.25, -0.2) is 0 Å². The summed E-state index contributed by atoms with van der Waals surface area (Å²) in [5.74, 6) is 1.81. The Hall–Kier alpha value is -2.21. The Labute approximate surface area is 218 Å². The Bertz CT molecular complexity index is 1380. The lowest BCUT2D eigenvalue weighted by atomic mass is 9.48. The van der Waals surface area contributed by atoms with Gasteiger partial charge in [0, 0.05) is 49.1 Å². The van der Waals surface area contributed by atoms with Gasteiger partial charge in [-0.2, -0.15) is 0 Å². The van der Waals surface area contributed by atoms with Crippen molar-refractivity contribution in [2.75, 3.05) is 19.7 Å². The molecule has 1 N–H and O–H groups in total. The first-order valence-electron chi connectivity index (χ1n) is 13.5. The molecule has 1 saturated carbocycles. The van der Waals surface area contributed by atoms with Crippen LogP contribution in [0.4, 0.5) is 0 Å². The van der Waals surface area contributed by atoms with Crippen LogP contribution in [-0.2, 0) is 30.0 Å². The van der Waals surface area contributed by atoms with Gasteiger partial charge in [-0.05, 0) is 68.3 Å². The molecule has 2 aliphatic heterocycles. The second-order valence-electron chi connectivity index (χ2n) is 11.6. The van der Waals surface area contributed by atoms with Crippen molar-refractivity contribution in [1.82, 2.24) is 9.47 Å². The van der Waals surface area contributed by atoms with Crippen LogP contribution in [0.15, 0.2) is 36.4 Å². The van der Waals surface area contributed by atoms with Gasteiger partial charge in [0.2, 0.25) is 0 Å². The molecule has 6 heteroatoms. The normalized spacial score (nSPS) is 31.8. The fraction of sp³-hybridized carbons (Fsp3) is 0.533. The lowest BCUT2D eigenvalue weighted by Gasteiger charge is -2.65. The van der Waals surface area contributed by atoms with E-state index < -0.39 is 0 Å². The van der Waals surface area contributed by atoms with Crippen molar-refractivity contribution < 1.29 is 14.6 Å². The number of halogens is 1. The summed E-state index contributed by atoms with van der Waals surface area (Å²) in [6, 6.07) is 13.1. The van der Waals surface area contributed by atoms with Crippen molar-refractivity contribution in [1.29, 1.82) is 0 Å². The number of piperidine rings is 1. The summed E-state index contributed by atoms with van der Waals surface area (Å²) in [4.78, 5) is 2.78. The summed E-state index contributed by atoms with van der Waals surface area (Å²) < 4.78 is 16.3. The summed E-state index contributed by atoms with van der Waals surface area (Å²) >= 11 is 0. The molecule has 4 atom stereocenters. The summed E-state index contributed by atoms with van der Waals surface area (Å²) in [5, 5.41) is 12.3. The molecule has 2 bridgehead atoms. The number of rotatable bonds is 4. The van der Waals surface area contributed by atoms with Gasteiger partial charge in [0.25, 0.3) is 0 Å². The molecule has 2 aromatic carbocycles. The number of phenolic OH excluding ortho intramolecular Hbond substituents is 1. The summed E-state index contributed by atoms with van der Waals surface area (Å²) in [6.07, 6.45) is 6.83. The quantitative estimate of drug-likeness (QED) is 0.512. The predicted octanol–water partition coefficient (Wildman–Crippen LogP) is 5.44. The first kappa shape index (κ1) is 22.9. The average Bonchev–Trinajstić information content (AvgIpc) is 3.31. The second kappa shape index (κ2) is 7.66. The number of likely N-dealkylation sites (tertiary alicyclic amines) is 1. The third-order valence-corrected chi connectivity index (χ3v) is 10.4. The molecule has 190 valence electrons. The van der Waals surface area contributed by atoms with E-state index in [-0.39, 0.29) is 35.3 Å². The number of hydrogen-bond acceptors (Lipinski definition) is 4. The predicted molar refractivity (Wildman–Crippen MR) is 142 cm³/mol. The third-order valence-electron chi connectivity index (χ3n) is 10.4. The fourth-order valence-electron chi connectivity index (χ4n) is 8.81. The Morgan fingerprint density at radius 3 is 2.78 bits per heavy atom. The molecule has 5 aliphatic rings. The van der Waals surface area contributed by atoms with E-state index in [4.69, 9.17) is 9.47 Å². The minimum absolute atomic E-state index is 0. The number of aryl methyl sites for hydroxylation is 1. The number of nitrogens with zero attached hydrogens (tertiary/aromatic N) is 2. The van der Waals surface area contributed by atoms with Crippen LogP contribution in [0.2, 0.25) is 0 Å². The molecule has 2 fully saturated rings. The number of ether oxygens (including phenoxy) is 2. The molecule has 36 heavy (non-hydrogen) atoms. The molecular weight excluding hydrogens is 472 g/mol. The van der Waals surface area contributed by atoms with Crippen LogP contribution < -0.4 is 4.74 Å². The highest BCUT2D eigenvalue weighted by Gasteiger charge is 2.74. The minimum Gasteiger partial charge on any atom is -0.504 e. The summed E-state index contributed by atoms with van der Waals surface area (Å²) in [5.41, 5.74) is 5.86. The number of hydrogen-bond donors (Lipinski definition) is 1. The molecule has 0 amide bonds. The maximum atomic E-state index is 11.0. The van der Waals surface area contributed by atoms with Gasteiger partial charge in [0.05, 0.1) is 11.1 Å². The lowest BCUT2D eigenvalue weighted by Crippen LogP contribution is -2.75. The van der Waals surface area contributed by atoms with Gasteiger partial charge < -0.3 is 19.1 Å². The maximum absolute atomic E-state index is 11.0. The minimum atomic E-state index is -0.364. The van der Waals surface area contributed by atoms with Gasteiger partial charge in [0.15, 0.2) is 17.6 Å². The van der Waals surface area contributed by atoms with Crippen molar-refractivity contribution >= 4 is 23.3 Å². The van der Waals surface area contributed by atoms with E-state index in [1.807, 2.05) is 6.07 Å². The standard InChI is InChI=1S/C30H34N2O3.ClH/c1-3-34-30-16-21-20-9-4-5-10-22(20)31(2)26(21)28-29(30)13-14-32(17-18-7-6-8-18)24(30)15-19-11-12-23(33)27(35-28)25(19)29;/h4-5,9-12,18,24,28,33H,3,6-8,13-17H2,1-2H3;1H/t24-,28+,29+,30-;/m1./s1. The number of phenols is 1. The van der Waals surface area contributed by atoms with E-state index in [2.05, 4.69) is 53.8 Å². The van der Waals surface area contributed by atoms with Gasteiger partial charge in [-0.15, -0.1) is 12.4 Å². The number of fused-ring (bicyclic) bond motifs is 4. The van der Waals surface area contributed by atoms with Gasteiger partial charge >= 0.3 is 0 Å². The van der Waals surface area contributed by atoms with Crippen molar-refractivity contribution in [3.8, 4) is 11.5 Å². The van der Waals surface area contributed by atoms with Gasteiger partial charge in [0.1, 0.15) is 5.60 Å². The lowest BCUT2D eigenvalue weighted by molar-refractivity contribution is -0.204. The van der Waals surface area contributed by atoms with Crippen LogP contribution in [0.3, 0.4) is 0 Å². The van der Waals surface area contributed by atoms with Crippen LogP contribution in [0.25, 0.3) is 10.9 Å². The van der Waals surface area contributed by atoms with Crippen LogP contribution in [0.1, 0.15) is 61.1 Å². The Morgan fingerprint density at radius 2 is 2.00 bits per heavy atom. The topological polar surface area (TPSA) is 46.9 Å². The number of benzene rings is 2. The Balaban J connectivity index is 0.00000220. The molecule has 3 heterocycles. The van der Waals surface area contributed by atoms with E-state index in [1.54, 1.807) is 0 Å². The van der Waals surface area contributed by atoms with Crippen molar-refractivity contribution in [3.05, 3.63) is 58.8 Å². The highest BCUT2D eigenvalue weighted by atomic mass is 35.5. The number of para-hydroxylation sites is 1. The van der Waals surface area contributed by atoms with E-state index in [0.717, 1.165) is 31.7 Å². The largest absolute Gasteiger partial charge is 0.504 e. The zero-order valence-electron chi connectivity index (χ0n) is 21.1. The molecular formula is C30H35ClN2O3. The van der Waals surface area contributed by atoms with E-state index in [0.29, 0.717) is 18.4 Å². The molecule has 3 aliphatic carbocycles. The number of aromatic hydroxyl groups is 1. The zero-order chi connectivity index (χ0) is 23.5. The first-order chi connectivity index (χ1) is 17.1.